The number of benzene rings is 1. The molecule has 1 aromatic rings. The van der Waals surface area contributed by atoms with Gasteiger partial charge in [-0.2, -0.15) is 0 Å². The average Bonchev–Trinajstić information content (AvgIpc) is 2.18. The second kappa shape index (κ2) is 4.11. The van der Waals surface area contributed by atoms with Gasteiger partial charge in [-0.3, -0.25) is 4.79 Å². The van der Waals surface area contributed by atoms with Crippen molar-refractivity contribution in [2.75, 3.05) is 19.0 Å². The summed E-state index contributed by atoms with van der Waals surface area (Å²) in [5.74, 6) is -8.03. The van der Waals surface area contributed by atoms with Crippen LogP contribution in [0.4, 0.5) is 23.2 Å². The summed E-state index contributed by atoms with van der Waals surface area (Å²) in [6.07, 6.45) is 0. The Hall–Kier alpha value is -1.59. The number of anilines is 1. The maximum absolute atomic E-state index is 13.3. The molecule has 1 aromatic carbocycles. The number of halogens is 4. The quantitative estimate of drug-likeness (QED) is 0.340. The molecule has 0 fully saturated rings. The minimum Gasteiger partial charge on any atom is -0.375 e. The van der Waals surface area contributed by atoms with E-state index in [0.717, 1.165) is 11.8 Å². The fourth-order valence-corrected chi connectivity index (χ4v) is 1.36. The number of nitrogens with zero attached hydrogens (tertiary/aromatic N) is 1. The van der Waals surface area contributed by atoms with Gasteiger partial charge in [0.15, 0.2) is 29.1 Å². The zero-order chi connectivity index (χ0) is 12.6. The molecule has 0 aromatic heterocycles. The first-order valence-corrected chi connectivity index (χ1v) is 4.33. The summed E-state index contributed by atoms with van der Waals surface area (Å²) in [5, 5.41) is 0. The van der Waals surface area contributed by atoms with E-state index in [0.29, 0.717) is 0 Å². The Balaban J connectivity index is 3.76. The largest absolute Gasteiger partial charge is 0.375 e. The van der Waals surface area contributed by atoms with Crippen LogP contribution in [0.5, 0.6) is 0 Å². The standard InChI is InChI=1S/C10H9F4NO/c1-4(16)5-6(11)7(12)8(13)9(14)10(5)15(2)3/h1-3H3. The molecule has 0 amide bonds. The number of carbonyl (C=O) groups excluding carboxylic acids is 1. The predicted molar refractivity (Wildman–Crippen MR) is 50.6 cm³/mol. The molecule has 0 atom stereocenters. The fourth-order valence-electron chi connectivity index (χ4n) is 1.36. The van der Waals surface area contributed by atoms with Gasteiger partial charge in [0.25, 0.3) is 0 Å². The Bertz CT molecular complexity index is 457. The zero-order valence-electron chi connectivity index (χ0n) is 8.87. The highest BCUT2D eigenvalue weighted by molar-refractivity contribution is 6.00. The summed E-state index contributed by atoms with van der Waals surface area (Å²) in [6, 6.07) is 0. The van der Waals surface area contributed by atoms with Crippen molar-refractivity contribution >= 4 is 11.5 Å². The van der Waals surface area contributed by atoms with E-state index < -0.39 is 40.3 Å². The van der Waals surface area contributed by atoms with Crippen LogP contribution in [0.15, 0.2) is 0 Å². The summed E-state index contributed by atoms with van der Waals surface area (Å²) in [5.41, 5.74) is -1.38. The number of carbonyl (C=O) groups is 1. The van der Waals surface area contributed by atoms with E-state index in [1.165, 1.54) is 14.1 Å². The van der Waals surface area contributed by atoms with Gasteiger partial charge >= 0.3 is 0 Å². The Morgan fingerprint density at radius 1 is 0.938 bits per heavy atom. The minimum absolute atomic E-state index is 0.594. The molecule has 0 spiro atoms. The van der Waals surface area contributed by atoms with E-state index in [-0.39, 0.29) is 0 Å². The van der Waals surface area contributed by atoms with E-state index in [1.807, 2.05) is 0 Å². The molecule has 0 aliphatic heterocycles. The van der Waals surface area contributed by atoms with E-state index in [2.05, 4.69) is 0 Å². The Morgan fingerprint density at radius 3 is 1.75 bits per heavy atom. The molecular weight excluding hydrogens is 226 g/mol. The van der Waals surface area contributed by atoms with Gasteiger partial charge in [-0.15, -0.1) is 0 Å². The van der Waals surface area contributed by atoms with Crippen molar-refractivity contribution in [2.24, 2.45) is 0 Å². The Labute approximate surface area is 89.5 Å². The SMILES string of the molecule is CC(=O)c1c(F)c(F)c(F)c(F)c1N(C)C. The zero-order valence-corrected chi connectivity index (χ0v) is 8.87. The summed E-state index contributed by atoms with van der Waals surface area (Å²) >= 11 is 0. The number of Topliss-reactive ketones (excluding diaryl/α,β-unsaturated/α-hetero) is 1. The molecule has 1 rings (SSSR count). The van der Waals surface area contributed by atoms with Crippen molar-refractivity contribution in [3.63, 3.8) is 0 Å². The lowest BCUT2D eigenvalue weighted by molar-refractivity contribution is 0.101. The molecular formula is C10H9F4NO. The van der Waals surface area contributed by atoms with Crippen molar-refractivity contribution in [3.8, 4) is 0 Å². The molecule has 16 heavy (non-hydrogen) atoms. The topological polar surface area (TPSA) is 20.3 Å². The highest BCUT2D eigenvalue weighted by Crippen LogP contribution is 2.30. The molecule has 0 unspecified atom stereocenters. The third kappa shape index (κ3) is 1.75. The fraction of sp³-hybridized carbons (Fsp3) is 0.300. The van der Waals surface area contributed by atoms with Crippen LogP contribution >= 0.6 is 0 Å². The first-order chi connectivity index (χ1) is 7.29. The molecule has 6 heteroatoms. The number of hydrogen-bond acceptors (Lipinski definition) is 2. The summed E-state index contributed by atoms with van der Waals surface area (Å²) in [4.78, 5) is 12.1. The number of ketones is 1. The third-order valence-electron chi connectivity index (χ3n) is 2.04. The molecule has 0 saturated carbocycles. The van der Waals surface area contributed by atoms with Crippen LogP contribution in [-0.2, 0) is 0 Å². The molecule has 0 bridgehead atoms. The molecule has 0 aliphatic carbocycles. The molecule has 0 radical (unpaired) electrons. The molecule has 0 aliphatic rings. The molecule has 2 nitrogen and oxygen atoms in total. The van der Waals surface area contributed by atoms with E-state index >= 15 is 0 Å². The van der Waals surface area contributed by atoms with Crippen LogP contribution in [0, 0.1) is 23.3 Å². The van der Waals surface area contributed by atoms with Crippen LogP contribution in [0.25, 0.3) is 0 Å². The van der Waals surface area contributed by atoms with Gasteiger partial charge < -0.3 is 4.90 Å². The van der Waals surface area contributed by atoms with Gasteiger partial charge in [0.2, 0.25) is 0 Å². The van der Waals surface area contributed by atoms with Gasteiger partial charge in [0.05, 0.1) is 11.3 Å². The molecule has 0 heterocycles. The lowest BCUT2D eigenvalue weighted by Gasteiger charge is -2.18. The van der Waals surface area contributed by atoms with Crippen molar-refractivity contribution in [1.82, 2.24) is 0 Å². The Kier molecular flexibility index (Phi) is 3.21. The van der Waals surface area contributed by atoms with Crippen LogP contribution in [0.2, 0.25) is 0 Å². The van der Waals surface area contributed by atoms with Crippen molar-refractivity contribution in [2.45, 2.75) is 6.92 Å². The molecule has 0 saturated heterocycles. The van der Waals surface area contributed by atoms with Crippen LogP contribution in [-0.4, -0.2) is 19.9 Å². The summed E-state index contributed by atoms with van der Waals surface area (Å²) in [6.45, 7) is 0.947. The first-order valence-electron chi connectivity index (χ1n) is 4.33. The molecule has 0 N–H and O–H groups in total. The number of hydrogen-bond donors (Lipinski definition) is 0. The van der Waals surface area contributed by atoms with E-state index in [4.69, 9.17) is 0 Å². The third-order valence-corrected chi connectivity index (χ3v) is 2.04. The van der Waals surface area contributed by atoms with Crippen molar-refractivity contribution < 1.29 is 22.4 Å². The number of rotatable bonds is 2. The van der Waals surface area contributed by atoms with Gasteiger partial charge in [0, 0.05) is 14.1 Å². The smallest absolute Gasteiger partial charge is 0.199 e. The van der Waals surface area contributed by atoms with Crippen LogP contribution in [0.1, 0.15) is 17.3 Å². The van der Waals surface area contributed by atoms with Gasteiger partial charge in [-0.1, -0.05) is 0 Å². The van der Waals surface area contributed by atoms with Crippen molar-refractivity contribution in [3.05, 3.63) is 28.8 Å². The minimum atomic E-state index is -1.98. The first kappa shape index (κ1) is 12.5. The van der Waals surface area contributed by atoms with Gasteiger partial charge in [0.1, 0.15) is 0 Å². The predicted octanol–water partition coefficient (Wildman–Crippen LogP) is 2.51. The van der Waals surface area contributed by atoms with Crippen molar-refractivity contribution in [1.29, 1.82) is 0 Å². The van der Waals surface area contributed by atoms with E-state index in [9.17, 15) is 22.4 Å². The van der Waals surface area contributed by atoms with Crippen LogP contribution in [0.3, 0.4) is 0 Å². The summed E-state index contributed by atoms with van der Waals surface area (Å²) < 4.78 is 52.4. The lowest BCUT2D eigenvalue weighted by atomic mass is 10.1. The average molecular weight is 235 g/mol. The monoisotopic (exact) mass is 235 g/mol. The maximum Gasteiger partial charge on any atom is 0.199 e. The summed E-state index contributed by atoms with van der Waals surface area (Å²) in [7, 11) is 2.59. The highest BCUT2D eigenvalue weighted by atomic mass is 19.2. The highest BCUT2D eigenvalue weighted by Gasteiger charge is 2.28. The van der Waals surface area contributed by atoms with Crippen LogP contribution < -0.4 is 4.90 Å². The van der Waals surface area contributed by atoms with Gasteiger partial charge in [-0.05, 0) is 6.92 Å². The normalized spacial score (nSPS) is 10.4. The lowest BCUT2D eigenvalue weighted by Crippen LogP contribution is -2.19. The van der Waals surface area contributed by atoms with E-state index in [1.54, 1.807) is 0 Å². The Morgan fingerprint density at radius 2 is 1.38 bits per heavy atom. The maximum atomic E-state index is 13.3. The second-order valence-electron chi connectivity index (χ2n) is 3.43. The molecule has 88 valence electrons. The second-order valence-corrected chi connectivity index (χ2v) is 3.43. The van der Waals surface area contributed by atoms with Gasteiger partial charge in [-0.25, -0.2) is 17.6 Å².